The average Bonchev–Trinajstić information content (AvgIpc) is 4.23. The smallest absolute Gasteiger partial charge is 0.125 e. The molecule has 9 aliphatic rings. The normalized spacial score (nSPS) is 25.9. The van der Waals surface area contributed by atoms with Gasteiger partial charge in [0.05, 0.1) is 96.1 Å². The molecule has 5 aromatic rings. The van der Waals surface area contributed by atoms with Crippen LogP contribution < -0.4 is 28.9 Å². The molecule has 9 atom stereocenters. The number of aryl methyl sites for hydroxylation is 4. The maximum Gasteiger partial charge on any atom is 0.125 e. The first kappa shape index (κ1) is 52.3. The van der Waals surface area contributed by atoms with Crippen LogP contribution in [0.15, 0.2) is 97.1 Å². The van der Waals surface area contributed by atoms with E-state index in [1.165, 1.54) is 39.3 Å². The summed E-state index contributed by atoms with van der Waals surface area (Å²) in [4.78, 5) is 7.13. The molecular weight excluding hydrogens is 979 g/mol. The van der Waals surface area contributed by atoms with E-state index < -0.39 is 0 Å². The first-order chi connectivity index (χ1) is 37.7. The van der Waals surface area contributed by atoms with Crippen molar-refractivity contribution in [1.29, 1.82) is 0 Å². The van der Waals surface area contributed by atoms with Gasteiger partial charge < -0.3 is 71.5 Å². The Kier molecular flexibility index (Phi) is 16.2. The summed E-state index contributed by atoms with van der Waals surface area (Å²) >= 11 is 0. The number of rotatable bonds is 27. The minimum Gasteiger partial charge on any atom is -0.491 e. The summed E-state index contributed by atoms with van der Waals surface area (Å²) in [6.07, 6.45) is 4.08. The summed E-state index contributed by atoms with van der Waals surface area (Å²) in [5, 5.41) is 0. The van der Waals surface area contributed by atoms with E-state index in [-0.39, 0.29) is 12.2 Å². The molecule has 14 rings (SSSR count). The fraction of sp³-hybridized carbons (Fsp3) is 0.516. The predicted octanol–water partition coefficient (Wildman–Crippen LogP) is 7.70. The highest BCUT2D eigenvalue weighted by atomic mass is 16.6. The highest BCUT2D eigenvalue weighted by molar-refractivity contribution is 5.70. The number of hydrogen-bond acceptors (Lipinski definition) is 15. The summed E-state index contributed by atoms with van der Waals surface area (Å²) in [6.45, 7) is 23.8. The molecule has 0 radical (unpaired) electrons. The Labute approximate surface area is 453 Å². The van der Waals surface area contributed by atoms with Crippen molar-refractivity contribution in [3.8, 4) is 28.4 Å². The highest BCUT2D eigenvalue weighted by Crippen LogP contribution is 2.36. The molecule has 0 spiro atoms. The summed E-state index contributed by atoms with van der Waals surface area (Å²) in [7, 11) is 0. The quantitative estimate of drug-likeness (QED) is 0.0473. The van der Waals surface area contributed by atoms with Gasteiger partial charge in [-0.25, -0.2) is 0 Å². The van der Waals surface area contributed by atoms with Crippen LogP contribution in [0.25, 0.3) is 11.1 Å². The lowest BCUT2D eigenvalue weighted by atomic mass is 9.96. The topological polar surface area (TPSA) is 150 Å². The largest absolute Gasteiger partial charge is 0.491 e. The Bertz CT molecular complexity index is 2490. The van der Waals surface area contributed by atoms with Crippen molar-refractivity contribution in [2.45, 2.75) is 89.1 Å². The first-order valence-electron chi connectivity index (χ1n) is 27.8. The molecule has 15 nitrogen and oxygen atoms in total. The van der Waals surface area contributed by atoms with Crippen LogP contribution in [-0.2, 0) is 49.1 Å². The van der Waals surface area contributed by atoms with Crippen LogP contribution in [0.2, 0.25) is 0 Å². The molecular formula is C62H75N3O12. The molecule has 410 valence electrons. The van der Waals surface area contributed by atoms with Crippen LogP contribution in [0.3, 0.4) is 0 Å². The number of benzene rings is 5. The lowest BCUT2D eigenvalue weighted by Crippen LogP contribution is -2.31. The molecule has 9 unspecified atom stereocenters. The van der Waals surface area contributed by atoms with E-state index in [0.29, 0.717) is 62.5 Å². The van der Waals surface area contributed by atoms with E-state index in [2.05, 4.69) is 127 Å². The van der Waals surface area contributed by atoms with Crippen molar-refractivity contribution in [2.75, 3.05) is 133 Å². The van der Waals surface area contributed by atoms with Gasteiger partial charge in [0.1, 0.15) is 55.4 Å². The van der Waals surface area contributed by atoms with Gasteiger partial charge in [-0.2, -0.15) is 0 Å². The van der Waals surface area contributed by atoms with Crippen molar-refractivity contribution in [3.63, 3.8) is 0 Å². The van der Waals surface area contributed by atoms with E-state index in [0.717, 1.165) is 145 Å². The van der Waals surface area contributed by atoms with Gasteiger partial charge in [0, 0.05) is 56.3 Å². The maximum absolute atomic E-state index is 5.95. The Morgan fingerprint density at radius 2 is 0.584 bits per heavy atom. The van der Waals surface area contributed by atoms with E-state index in [1.807, 2.05) is 12.1 Å². The second-order valence-electron chi connectivity index (χ2n) is 22.1. The molecule has 0 aromatic heterocycles. The molecule has 0 N–H and O–H groups in total. The van der Waals surface area contributed by atoms with Crippen molar-refractivity contribution in [2.24, 2.45) is 0 Å². The monoisotopic (exact) mass is 1050 g/mol. The molecule has 0 bridgehead atoms. The number of anilines is 3. The zero-order valence-corrected chi connectivity index (χ0v) is 45.1. The van der Waals surface area contributed by atoms with E-state index >= 15 is 0 Å². The van der Waals surface area contributed by atoms with Crippen molar-refractivity contribution in [1.82, 2.24) is 0 Å². The Morgan fingerprint density at radius 3 is 0.844 bits per heavy atom. The van der Waals surface area contributed by atoms with Gasteiger partial charge in [0.2, 0.25) is 0 Å². The summed E-state index contributed by atoms with van der Waals surface area (Å²) in [5.74, 6) is 2.85. The van der Waals surface area contributed by atoms with Crippen molar-refractivity contribution >= 4 is 17.1 Å². The van der Waals surface area contributed by atoms with Crippen LogP contribution in [0.5, 0.6) is 17.2 Å². The molecule has 77 heavy (non-hydrogen) atoms. The average molecular weight is 1050 g/mol. The SMILES string of the molecule is Cc1cc(-c2cc(C)c(OCC3CO3)c(C)c2)cc(C)c1OCC1CO1.c1cc(N(CC2CO2)CC2CO2)ccc1Cc1ccc(N(CC2CO2)CC2CO2)cc1.c1cc(N(CC2CO2)CC2CO2)ccc1OCC1CO1. The van der Waals surface area contributed by atoms with Crippen LogP contribution in [0.4, 0.5) is 17.1 Å². The lowest BCUT2D eigenvalue weighted by molar-refractivity contribution is 0.260. The van der Waals surface area contributed by atoms with E-state index in [1.54, 1.807) is 0 Å². The highest BCUT2D eigenvalue weighted by Gasteiger charge is 2.34. The third-order valence-corrected chi connectivity index (χ3v) is 14.9. The Morgan fingerprint density at radius 1 is 0.338 bits per heavy atom. The third-order valence-electron chi connectivity index (χ3n) is 14.9. The van der Waals surface area contributed by atoms with Gasteiger partial charge >= 0.3 is 0 Å². The number of epoxide rings is 9. The molecule has 0 amide bonds. The lowest BCUT2D eigenvalue weighted by Gasteiger charge is -2.24. The number of hydrogen-bond donors (Lipinski definition) is 0. The molecule has 0 aliphatic carbocycles. The fourth-order valence-corrected chi connectivity index (χ4v) is 9.73. The first-order valence-corrected chi connectivity index (χ1v) is 27.8. The number of nitrogens with zero attached hydrogens (tertiary/aromatic N) is 3. The maximum atomic E-state index is 5.95. The standard InChI is InChI=1S/C25H30N2O4.C22H26O4.C15H19NO4/c1-5-20(26(10-22-14-28-22)11-23-15-29-23)6-2-18(1)9-19-3-7-21(8-4-19)27(12-24-16-30-24)13-25-17-31-25;1-13-5-17(6-14(2)21(13)25-11-19-9-23-19)18-7-15(3)22(16(4)8-18)26-12-20-10-24-20;1-3-12(17-9-15-10-20-15)4-2-11(1)16(5-13-7-18-13)6-14-8-19-14/h1-8,22-25H,9-17H2;5-8,19-20H,9-12H2,1-4H3;1-4,13-15H,5-10H2. The molecule has 5 aromatic carbocycles. The van der Waals surface area contributed by atoms with Crippen LogP contribution in [0, 0.1) is 27.7 Å². The van der Waals surface area contributed by atoms with Gasteiger partial charge in [-0.05, 0) is 151 Å². The molecule has 0 saturated carbocycles. The Hall–Kier alpha value is -5.46. The van der Waals surface area contributed by atoms with Crippen LogP contribution in [-0.4, -0.2) is 173 Å². The van der Waals surface area contributed by atoms with E-state index in [9.17, 15) is 0 Å². The van der Waals surface area contributed by atoms with Crippen LogP contribution in [0.1, 0.15) is 33.4 Å². The van der Waals surface area contributed by atoms with E-state index in [4.69, 9.17) is 56.8 Å². The third kappa shape index (κ3) is 16.3. The second-order valence-corrected chi connectivity index (χ2v) is 22.1. The fourth-order valence-electron chi connectivity index (χ4n) is 9.73. The molecule has 9 heterocycles. The molecule has 9 aliphatic heterocycles. The predicted molar refractivity (Wildman–Crippen MR) is 294 cm³/mol. The minimum atomic E-state index is 0.271. The Balaban J connectivity index is 0.000000119. The molecule has 9 saturated heterocycles. The summed E-state index contributed by atoms with van der Waals surface area (Å²) in [6, 6.07) is 35.0. The van der Waals surface area contributed by atoms with Gasteiger partial charge in [0.25, 0.3) is 0 Å². The number of ether oxygens (including phenoxy) is 12. The summed E-state index contributed by atoms with van der Waals surface area (Å²) in [5.41, 5.74) is 13.4. The zero-order valence-electron chi connectivity index (χ0n) is 45.1. The van der Waals surface area contributed by atoms with Gasteiger partial charge in [-0.15, -0.1) is 0 Å². The van der Waals surface area contributed by atoms with Gasteiger partial charge in [0.15, 0.2) is 0 Å². The van der Waals surface area contributed by atoms with Crippen LogP contribution >= 0.6 is 0 Å². The van der Waals surface area contributed by atoms with Crippen molar-refractivity contribution < 1.29 is 56.8 Å². The van der Waals surface area contributed by atoms with Crippen molar-refractivity contribution in [3.05, 3.63) is 130 Å². The summed E-state index contributed by atoms with van der Waals surface area (Å²) < 4.78 is 65.6. The second kappa shape index (κ2) is 23.9. The minimum absolute atomic E-state index is 0.271. The molecule has 15 heteroatoms. The molecule has 9 fully saturated rings. The zero-order chi connectivity index (χ0) is 52.2. The van der Waals surface area contributed by atoms with Gasteiger partial charge in [-0.3, -0.25) is 0 Å². The van der Waals surface area contributed by atoms with Gasteiger partial charge in [-0.1, -0.05) is 24.3 Å².